The zero-order valence-electron chi connectivity index (χ0n) is 17.3. The molecule has 3 aromatic rings. The van der Waals surface area contributed by atoms with Crippen LogP contribution in [0.2, 0.25) is 0 Å². The molecule has 0 radical (unpaired) electrons. The van der Waals surface area contributed by atoms with Crippen molar-refractivity contribution in [3.63, 3.8) is 0 Å². The van der Waals surface area contributed by atoms with Crippen LogP contribution in [-0.2, 0) is 10.9 Å². The Balaban J connectivity index is 0.000000451. The Hall–Kier alpha value is -2.45. The molecule has 0 fully saturated rings. The molecule has 3 nitrogen and oxygen atoms in total. The van der Waals surface area contributed by atoms with Gasteiger partial charge < -0.3 is 14.2 Å². The fraction of sp³-hybridized carbons (Fsp3) is 0.143. The maximum atomic E-state index is 9.91. The topological polar surface area (TPSA) is 27.7 Å². The summed E-state index contributed by atoms with van der Waals surface area (Å²) < 4.78 is 75.3. The molecule has 0 saturated heterocycles. The van der Waals surface area contributed by atoms with Crippen molar-refractivity contribution in [3.05, 3.63) is 72.8 Å². The first-order chi connectivity index (χ1) is 14.7. The minimum absolute atomic E-state index is 0.212. The second-order valence-electron chi connectivity index (χ2n) is 6.29. The molecule has 11 heteroatoms. The molecular weight excluding hydrogens is 521 g/mol. The molecule has 0 bridgehead atoms. The van der Waals surface area contributed by atoms with Gasteiger partial charge >= 0.3 is 35.0 Å². The van der Waals surface area contributed by atoms with E-state index in [9.17, 15) is 20.8 Å². The van der Waals surface area contributed by atoms with Crippen LogP contribution in [0.4, 0.5) is 20.8 Å². The number of ether oxygens (including phenoxy) is 3. The fourth-order valence-corrected chi connectivity index (χ4v) is 4.58. The molecule has 32 heavy (non-hydrogen) atoms. The van der Waals surface area contributed by atoms with Crippen molar-refractivity contribution in [1.82, 2.24) is 0 Å². The molecule has 0 aliphatic heterocycles. The van der Waals surface area contributed by atoms with Gasteiger partial charge in [0.2, 0.25) is 0 Å². The van der Waals surface area contributed by atoms with Crippen LogP contribution in [0.25, 0.3) is 0 Å². The molecule has 0 aliphatic rings. The van der Waals surface area contributed by atoms with Gasteiger partial charge in [0.15, 0.2) is 14.7 Å². The molecule has 0 amide bonds. The third-order valence-corrected chi connectivity index (χ3v) is 6.12. The molecule has 3 aromatic carbocycles. The van der Waals surface area contributed by atoms with Crippen molar-refractivity contribution in [3.8, 4) is 17.2 Å². The van der Waals surface area contributed by atoms with Crippen molar-refractivity contribution >= 4 is 25.1 Å². The third kappa shape index (κ3) is 9.36. The quantitative estimate of drug-likeness (QED) is 0.192. The van der Waals surface area contributed by atoms with Crippen LogP contribution in [0.1, 0.15) is 0 Å². The third-order valence-electron chi connectivity index (χ3n) is 3.89. The molecular formula is C21H21AsF6O3S. The molecule has 0 spiro atoms. The van der Waals surface area contributed by atoms with Gasteiger partial charge in [-0.25, -0.2) is 0 Å². The zero-order chi connectivity index (χ0) is 24.1. The number of halogens is 6. The van der Waals surface area contributed by atoms with Gasteiger partial charge in [0.05, 0.1) is 32.2 Å². The molecule has 0 atom stereocenters. The Labute approximate surface area is 186 Å². The van der Waals surface area contributed by atoms with Crippen LogP contribution in [0, 0.1) is 0 Å². The summed E-state index contributed by atoms with van der Waals surface area (Å²) in [6.45, 7) is 0. The first-order valence-corrected chi connectivity index (χ1v) is 14.4. The van der Waals surface area contributed by atoms with Gasteiger partial charge in [0.25, 0.3) is 0 Å². The molecule has 0 aliphatic carbocycles. The number of hydrogen-bond acceptors (Lipinski definition) is 3. The average Bonchev–Trinajstić information content (AvgIpc) is 2.73. The van der Waals surface area contributed by atoms with Gasteiger partial charge in [-0.15, -0.1) is 0 Å². The maximum absolute atomic E-state index is 11.1. The summed E-state index contributed by atoms with van der Waals surface area (Å²) >= 11 is -11.1. The van der Waals surface area contributed by atoms with E-state index in [-0.39, 0.29) is 10.9 Å². The summed E-state index contributed by atoms with van der Waals surface area (Å²) in [6.07, 6.45) is 0. The van der Waals surface area contributed by atoms with Crippen LogP contribution in [0.5, 0.6) is 17.2 Å². The van der Waals surface area contributed by atoms with Gasteiger partial charge in [-0.05, 0) is 72.8 Å². The Kier molecular flexibility index (Phi) is 7.41. The van der Waals surface area contributed by atoms with E-state index in [0.717, 1.165) is 17.2 Å². The summed E-state index contributed by atoms with van der Waals surface area (Å²) in [7, 11) is 4.83. The summed E-state index contributed by atoms with van der Waals surface area (Å²) in [4.78, 5) is 3.70. The average molecular weight is 542 g/mol. The van der Waals surface area contributed by atoms with Crippen LogP contribution < -0.4 is 14.2 Å². The van der Waals surface area contributed by atoms with E-state index >= 15 is 0 Å². The van der Waals surface area contributed by atoms with E-state index in [1.807, 2.05) is 36.4 Å². The molecule has 3 rings (SSSR count). The van der Waals surface area contributed by atoms with Gasteiger partial charge in [-0.3, -0.25) is 0 Å². The van der Waals surface area contributed by atoms with Crippen molar-refractivity contribution in [2.24, 2.45) is 0 Å². The second kappa shape index (κ2) is 9.19. The van der Waals surface area contributed by atoms with Crippen molar-refractivity contribution in [1.29, 1.82) is 0 Å². The molecule has 176 valence electrons. The van der Waals surface area contributed by atoms with Crippen LogP contribution in [0.3, 0.4) is 0 Å². The first kappa shape index (κ1) is 25.8. The van der Waals surface area contributed by atoms with Gasteiger partial charge in [-0.2, -0.15) is 0 Å². The van der Waals surface area contributed by atoms with Crippen molar-refractivity contribution in [2.45, 2.75) is 14.7 Å². The number of methoxy groups -OCH3 is 3. The summed E-state index contributed by atoms with van der Waals surface area (Å²) in [5.74, 6) is 2.57. The van der Waals surface area contributed by atoms with Crippen molar-refractivity contribution in [2.75, 3.05) is 21.3 Å². The summed E-state index contributed by atoms with van der Waals surface area (Å²) in [5.41, 5.74) is 0. The number of hydrogen-bond donors (Lipinski definition) is 0. The molecule has 0 unspecified atom stereocenters. The molecule has 0 heterocycles. The zero-order valence-corrected chi connectivity index (χ0v) is 20.0. The minimum atomic E-state index is -11.1. The normalized spacial score (nSPS) is 13.3. The van der Waals surface area contributed by atoms with Gasteiger partial charge in [-0.1, -0.05) is 0 Å². The van der Waals surface area contributed by atoms with E-state index in [1.54, 1.807) is 21.3 Å². The van der Waals surface area contributed by atoms with Crippen LogP contribution in [-0.4, -0.2) is 35.5 Å². The molecule has 0 aromatic heterocycles. The van der Waals surface area contributed by atoms with Crippen LogP contribution >= 0.6 is 0 Å². The summed E-state index contributed by atoms with van der Waals surface area (Å²) in [5, 5.41) is 0. The SMILES string of the molecule is COc1ccc([S+](c2ccc(OC)cc2)c2ccc(OC)cc2)cc1.F[As-](F)(F)(F)(F)F. The Bertz CT molecular complexity index is 885. The predicted octanol–water partition coefficient (Wildman–Crippen LogP) is 6.95. The van der Waals surface area contributed by atoms with Crippen LogP contribution in [0.15, 0.2) is 87.5 Å². The molecule has 0 saturated carbocycles. The standard InChI is InChI=1S/C21H21O3S.AsF6/c1-22-16-4-10-19(11-5-16)25(20-12-6-17(23-2)7-13-20)21-14-8-18(24-3)9-15-21;2-1(3,4,5,6)7/h4-15H,1-3H3;/q+1;-1. The monoisotopic (exact) mass is 542 g/mol. The fourth-order valence-electron chi connectivity index (χ4n) is 2.54. The summed E-state index contributed by atoms with van der Waals surface area (Å²) in [6, 6.07) is 24.7. The second-order valence-corrected chi connectivity index (χ2v) is 12.3. The van der Waals surface area contributed by atoms with Crippen molar-refractivity contribution < 1.29 is 35.0 Å². The van der Waals surface area contributed by atoms with E-state index in [0.29, 0.717) is 0 Å². The Morgan fingerprint density at radius 3 is 0.812 bits per heavy atom. The van der Waals surface area contributed by atoms with E-state index in [4.69, 9.17) is 14.2 Å². The predicted molar refractivity (Wildman–Crippen MR) is 114 cm³/mol. The van der Waals surface area contributed by atoms with E-state index in [1.165, 1.54) is 14.7 Å². The van der Waals surface area contributed by atoms with E-state index in [2.05, 4.69) is 36.4 Å². The van der Waals surface area contributed by atoms with Gasteiger partial charge in [0.1, 0.15) is 17.2 Å². The number of benzene rings is 3. The molecule has 0 N–H and O–H groups in total. The van der Waals surface area contributed by atoms with E-state index < -0.39 is 14.2 Å². The Morgan fingerprint density at radius 2 is 0.656 bits per heavy atom. The Morgan fingerprint density at radius 1 is 0.469 bits per heavy atom. The number of rotatable bonds is 6. The van der Waals surface area contributed by atoms with Gasteiger partial charge in [0, 0.05) is 0 Å². The first-order valence-electron chi connectivity index (χ1n) is 8.93.